The molecule has 0 saturated heterocycles. The number of pyridine rings is 1. The molecule has 0 aliphatic rings. The second kappa shape index (κ2) is 22.9. The number of hydrogen-bond donors (Lipinski definition) is 0. The van der Waals surface area contributed by atoms with Crippen molar-refractivity contribution in [1.82, 2.24) is 0 Å². The summed E-state index contributed by atoms with van der Waals surface area (Å²) < 4.78 is 30.0. The average molecular weight is 905 g/mol. The Morgan fingerprint density at radius 1 is 0.423 bits per heavy atom. The van der Waals surface area contributed by atoms with Gasteiger partial charge in [-0.05, 0) is 17.2 Å². The van der Waals surface area contributed by atoms with E-state index in [0.29, 0.717) is 23.7 Å². The Kier molecular flexibility index (Phi) is 19.8. The van der Waals surface area contributed by atoms with Gasteiger partial charge in [0.1, 0.15) is 14.3 Å². The van der Waals surface area contributed by atoms with Crippen molar-refractivity contribution in [2.75, 3.05) is 0 Å². The van der Waals surface area contributed by atoms with Crippen molar-refractivity contribution in [3.05, 3.63) is 213 Å². The van der Waals surface area contributed by atoms with Crippen LogP contribution in [0.2, 0.25) is 0 Å². The van der Waals surface area contributed by atoms with Crippen LogP contribution in [-0.4, -0.2) is 15.3 Å². The molecule has 19 heteroatoms. The van der Waals surface area contributed by atoms with Crippen LogP contribution in [0.3, 0.4) is 0 Å². The van der Waals surface area contributed by atoms with Crippen LogP contribution in [0.15, 0.2) is 140 Å². The molecule has 1 radical (unpaired) electrons. The first kappa shape index (κ1) is 45.2. The monoisotopic (exact) mass is 903 g/mol. The summed E-state index contributed by atoms with van der Waals surface area (Å²) in [5.41, 5.74) is 2.79. The van der Waals surface area contributed by atoms with Crippen molar-refractivity contribution in [1.29, 1.82) is 0 Å². The maximum absolute atomic E-state index is 14.6. The zero-order valence-electron chi connectivity index (χ0n) is 27.0. The first-order chi connectivity index (χ1) is 24.1. The fourth-order valence-electron chi connectivity index (χ4n) is 4.98. The van der Waals surface area contributed by atoms with Crippen molar-refractivity contribution >= 4 is 24.9 Å². The minimum absolute atomic E-state index is 0. The number of nitrogens with zero attached hydrogens (tertiary/aromatic N) is 4. The minimum atomic E-state index is -3.02. The molecule has 52 heavy (non-hydrogen) atoms. The molecule has 5 rings (SSSR count). The van der Waals surface area contributed by atoms with Gasteiger partial charge in [-0.3, -0.25) is 0 Å². The molecule has 0 aliphatic heterocycles. The van der Waals surface area contributed by atoms with Gasteiger partial charge >= 0.3 is 37.3 Å². The topological polar surface area (TPSA) is 260 Å². The standard InChI is InChI=1S/C33H31NO3P2.Er.3NO3/c35-34-30(26-38(36,32-20-9-3-10-21-32)24-28-14-5-1-6-15-28)18-13-19-31(34)27-39(37,33-22-11-4-12-23-33)25-29-16-7-2-8-17-29;;3*2-1(3)4/h1-23H,24-27H2;;;;/q;+3;3*-1/t38-,39+;;;;. The molecule has 0 amide bonds. The fourth-order valence-corrected chi connectivity index (χ4v) is 10.5. The van der Waals surface area contributed by atoms with Crippen LogP contribution in [0.25, 0.3) is 0 Å². The Bertz CT molecular complexity index is 1790. The van der Waals surface area contributed by atoms with E-state index in [2.05, 4.69) is 0 Å². The number of rotatable bonds is 10. The Labute approximate surface area is 327 Å². The summed E-state index contributed by atoms with van der Waals surface area (Å²) in [4.78, 5) is 24.8. The maximum Gasteiger partial charge on any atom is 3.00 e. The van der Waals surface area contributed by atoms with Gasteiger partial charge in [-0.1, -0.05) is 121 Å². The summed E-state index contributed by atoms with van der Waals surface area (Å²) in [6.45, 7) is 0. The van der Waals surface area contributed by atoms with Crippen LogP contribution in [0.5, 0.6) is 0 Å². The SMILES string of the molecule is O=[N+]([O-])[O-].O=[N+]([O-])[O-].O=[N+]([O-])[O-].O=[P@](Cc1ccccc1)(Cc1cccc(C[P@@](=O)(Cc2ccccc2)c2ccccc2)[n+]1[O-])c1ccccc1.[Er+3]. The third-order valence-corrected chi connectivity index (χ3v) is 12.8. The zero-order chi connectivity index (χ0) is 37.9. The van der Waals surface area contributed by atoms with E-state index in [9.17, 15) is 14.3 Å². The maximum atomic E-state index is 14.6. The molecule has 0 spiro atoms. The van der Waals surface area contributed by atoms with Crippen molar-refractivity contribution in [2.24, 2.45) is 0 Å². The van der Waals surface area contributed by atoms with Crippen molar-refractivity contribution in [2.45, 2.75) is 24.6 Å². The first-order valence-corrected chi connectivity index (χ1v) is 18.8. The predicted octanol–water partition coefficient (Wildman–Crippen LogP) is 6.38. The molecule has 0 fully saturated rings. The smallest absolute Gasteiger partial charge is 0.618 e. The second-order valence-electron chi connectivity index (χ2n) is 10.5. The van der Waals surface area contributed by atoms with Crippen molar-refractivity contribution in [3.8, 4) is 0 Å². The van der Waals surface area contributed by atoms with Gasteiger partial charge in [-0.15, -0.1) is 0 Å². The molecular formula is C33H31ErN4O12P2. The van der Waals surface area contributed by atoms with Gasteiger partial charge < -0.3 is 60.3 Å². The molecular weight excluding hydrogens is 874 g/mol. The van der Waals surface area contributed by atoms with E-state index in [4.69, 9.17) is 46.0 Å². The molecule has 1 aromatic heterocycles. The van der Waals surface area contributed by atoms with E-state index >= 15 is 0 Å². The quantitative estimate of drug-likeness (QED) is 0.0486. The van der Waals surface area contributed by atoms with Crippen molar-refractivity contribution in [3.63, 3.8) is 0 Å². The van der Waals surface area contributed by atoms with Crippen LogP contribution < -0.4 is 15.3 Å². The molecule has 0 aliphatic carbocycles. The normalized spacial score (nSPS) is 12.1. The Balaban J connectivity index is 0.000000909. The van der Waals surface area contributed by atoms with Gasteiger partial charge in [0.15, 0.2) is 0 Å². The molecule has 0 bridgehead atoms. The van der Waals surface area contributed by atoms with Crippen LogP contribution in [0.1, 0.15) is 22.5 Å². The predicted molar refractivity (Wildman–Crippen MR) is 192 cm³/mol. The molecule has 0 N–H and O–H groups in total. The van der Waals surface area contributed by atoms with E-state index in [-0.39, 0.29) is 49.6 Å². The van der Waals surface area contributed by atoms with E-state index < -0.39 is 29.5 Å². The van der Waals surface area contributed by atoms with Gasteiger partial charge in [0.2, 0.25) is 11.4 Å². The van der Waals surface area contributed by atoms with Crippen LogP contribution in [0, 0.1) is 88.5 Å². The minimum Gasteiger partial charge on any atom is -0.618 e. The molecule has 0 saturated carbocycles. The van der Waals surface area contributed by atoms with Crippen molar-refractivity contribution < 1.29 is 66.4 Å². The third kappa shape index (κ3) is 16.4. The zero-order valence-corrected chi connectivity index (χ0v) is 30.6. The van der Waals surface area contributed by atoms with Crippen LogP contribution >= 0.6 is 14.3 Å². The summed E-state index contributed by atoms with van der Waals surface area (Å²) in [6, 6.07) is 43.7. The molecule has 1 heterocycles. The number of benzene rings is 4. The summed E-state index contributed by atoms with van der Waals surface area (Å²) in [7, 11) is -6.03. The molecule has 2 atom stereocenters. The summed E-state index contributed by atoms with van der Waals surface area (Å²) >= 11 is 0. The summed E-state index contributed by atoms with van der Waals surface area (Å²) in [5, 5.41) is 59.5. The molecule has 277 valence electrons. The summed E-state index contributed by atoms with van der Waals surface area (Å²) in [5.74, 6) is 0. The molecule has 5 aromatic rings. The Hall–Kier alpha value is -4.86. The largest absolute Gasteiger partial charge is 3.00 e. The van der Waals surface area contributed by atoms with E-state index in [1.54, 1.807) is 12.1 Å². The van der Waals surface area contributed by atoms with E-state index in [1.807, 2.05) is 127 Å². The second-order valence-corrected chi connectivity index (χ2v) is 16.4. The number of hydrogen-bond acceptors (Lipinski definition) is 12. The van der Waals surface area contributed by atoms with Gasteiger partial charge in [0.05, 0.1) is 27.6 Å². The van der Waals surface area contributed by atoms with E-state index in [1.165, 1.54) is 0 Å². The third-order valence-electron chi connectivity index (χ3n) is 6.95. The number of aromatic nitrogens is 1. The van der Waals surface area contributed by atoms with Gasteiger partial charge in [-0.2, -0.15) is 4.73 Å². The van der Waals surface area contributed by atoms with Crippen LogP contribution in [-0.2, 0) is 33.8 Å². The molecule has 0 unspecified atom stereocenters. The Morgan fingerprint density at radius 3 is 0.942 bits per heavy atom. The van der Waals surface area contributed by atoms with Gasteiger partial charge in [-0.25, -0.2) is 0 Å². The first-order valence-electron chi connectivity index (χ1n) is 14.7. The van der Waals surface area contributed by atoms with Crippen LogP contribution in [0.4, 0.5) is 0 Å². The Morgan fingerprint density at radius 2 is 0.673 bits per heavy atom. The average Bonchev–Trinajstić information content (AvgIpc) is 3.08. The van der Waals surface area contributed by atoms with Gasteiger partial charge in [0.25, 0.3) is 0 Å². The van der Waals surface area contributed by atoms with E-state index in [0.717, 1.165) is 26.5 Å². The molecule has 16 nitrogen and oxygen atoms in total. The van der Waals surface area contributed by atoms with Gasteiger partial charge in [0, 0.05) is 35.1 Å². The summed E-state index contributed by atoms with van der Waals surface area (Å²) in [6.07, 6.45) is 0.965. The fraction of sp³-hybridized carbons (Fsp3) is 0.121. The molecule has 4 aromatic carbocycles.